The second kappa shape index (κ2) is 8.89. The number of ether oxygens (including phenoxy) is 2. The van der Waals surface area contributed by atoms with Crippen molar-refractivity contribution in [1.29, 1.82) is 0 Å². The van der Waals surface area contributed by atoms with Gasteiger partial charge in [-0.15, -0.1) is 0 Å². The fraction of sp³-hybridized carbons (Fsp3) is 0.0833. The third-order valence-corrected chi connectivity index (χ3v) is 4.39. The number of aromatic amines is 1. The van der Waals surface area contributed by atoms with Gasteiger partial charge in [-0.05, 0) is 35.4 Å². The molecule has 0 atom stereocenters. The predicted molar refractivity (Wildman–Crippen MR) is 112 cm³/mol. The van der Waals surface area contributed by atoms with Gasteiger partial charge in [0, 0.05) is 11.6 Å². The Hall–Kier alpha value is -3.86. The van der Waals surface area contributed by atoms with Crippen molar-refractivity contribution in [2.24, 2.45) is 0 Å². The van der Waals surface area contributed by atoms with Crippen LogP contribution in [0.5, 0.6) is 11.5 Å². The first-order chi connectivity index (χ1) is 14.3. The second-order valence-electron chi connectivity index (χ2n) is 6.51. The van der Waals surface area contributed by atoms with Crippen LogP contribution in [-0.4, -0.2) is 10.2 Å². The highest BCUT2D eigenvalue weighted by atomic mass is 16.5. The highest BCUT2D eigenvalue weighted by Gasteiger charge is 2.11. The molecular formula is C24H20N2O3. The lowest BCUT2D eigenvalue weighted by Gasteiger charge is -2.14. The van der Waals surface area contributed by atoms with Gasteiger partial charge in [-0.25, -0.2) is 5.10 Å². The monoisotopic (exact) mass is 384 g/mol. The van der Waals surface area contributed by atoms with Crippen LogP contribution in [-0.2, 0) is 13.2 Å². The quantitative estimate of drug-likeness (QED) is 0.506. The summed E-state index contributed by atoms with van der Waals surface area (Å²) in [5.41, 5.74) is 3.26. The molecular weight excluding hydrogens is 364 g/mol. The smallest absolute Gasteiger partial charge is 0.264 e. The van der Waals surface area contributed by atoms with Crippen LogP contribution < -0.4 is 15.0 Å². The van der Waals surface area contributed by atoms with Crippen LogP contribution in [0.4, 0.5) is 0 Å². The van der Waals surface area contributed by atoms with E-state index in [1.54, 1.807) is 6.07 Å². The minimum atomic E-state index is -0.253. The van der Waals surface area contributed by atoms with Crippen LogP contribution in [0.1, 0.15) is 11.1 Å². The highest BCUT2D eigenvalue weighted by Crippen LogP contribution is 2.33. The topological polar surface area (TPSA) is 64.2 Å². The Bertz CT molecular complexity index is 1110. The number of hydrogen-bond acceptors (Lipinski definition) is 4. The summed E-state index contributed by atoms with van der Waals surface area (Å²) in [5.74, 6) is 1.37. The van der Waals surface area contributed by atoms with E-state index < -0.39 is 0 Å². The number of rotatable bonds is 7. The Labute approximate surface area is 168 Å². The summed E-state index contributed by atoms with van der Waals surface area (Å²) < 4.78 is 12.0. The molecule has 4 rings (SSSR count). The predicted octanol–water partition coefficient (Wildman–Crippen LogP) is 4.59. The lowest BCUT2D eigenvalue weighted by molar-refractivity contribution is 0.298. The van der Waals surface area contributed by atoms with E-state index in [9.17, 15) is 4.79 Å². The molecule has 0 saturated heterocycles. The number of aromatic nitrogens is 2. The van der Waals surface area contributed by atoms with Gasteiger partial charge in [-0.1, -0.05) is 60.7 Å². The zero-order valence-corrected chi connectivity index (χ0v) is 15.7. The molecule has 0 radical (unpaired) electrons. The summed E-state index contributed by atoms with van der Waals surface area (Å²) in [4.78, 5) is 11.4. The molecule has 0 aliphatic rings. The third kappa shape index (κ3) is 4.90. The van der Waals surface area contributed by atoms with Crippen molar-refractivity contribution in [3.05, 3.63) is 112 Å². The molecule has 1 N–H and O–H groups in total. The molecule has 0 unspecified atom stereocenters. The van der Waals surface area contributed by atoms with Gasteiger partial charge < -0.3 is 9.47 Å². The molecule has 5 nitrogen and oxygen atoms in total. The summed E-state index contributed by atoms with van der Waals surface area (Å²) >= 11 is 0. The second-order valence-corrected chi connectivity index (χ2v) is 6.51. The van der Waals surface area contributed by atoms with Crippen molar-refractivity contribution < 1.29 is 9.47 Å². The van der Waals surface area contributed by atoms with E-state index in [1.807, 2.05) is 78.9 Å². The Morgan fingerprint density at radius 3 is 2.00 bits per heavy atom. The lowest BCUT2D eigenvalue weighted by atomic mass is 10.1. The molecule has 0 aliphatic heterocycles. The van der Waals surface area contributed by atoms with E-state index >= 15 is 0 Å². The van der Waals surface area contributed by atoms with Gasteiger partial charge in [0.05, 0.1) is 5.69 Å². The molecule has 5 heteroatoms. The first kappa shape index (κ1) is 18.5. The number of nitrogens with one attached hydrogen (secondary N) is 1. The maximum atomic E-state index is 11.4. The van der Waals surface area contributed by atoms with E-state index in [1.165, 1.54) is 6.07 Å². The first-order valence-electron chi connectivity index (χ1n) is 9.31. The minimum absolute atomic E-state index is 0.253. The van der Waals surface area contributed by atoms with Crippen LogP contribution in [0.25, 0.3) is 11.3 Å². The summed E-state index contributed by atoms with van der Waals surface area (Å²) in [6, 6.07) is 28.6. The first-order valence-corrected chi connectivity index (χ1v) is 9.31. The molecule has 1 aromatic heterocycles. The maximum Gasteiger partial charge on any atom is 0.264 e. The fourth-order valence-electron chi connectivity index (χ4n) is 2.90. The molecule has 0 bridgehead atoms. The van der Waals surface area contributed by atoms with Crippen LogP contribution >= 0.6 is 0 Å². The average molecular weight is 384 g/mol. The van der Waals surface area contributed by atoms with E-state index in [-0.39, 0.29) is 5.56 Å². The van der Waals surface area contributed by atoms with Crippen LogP contribution in [0.2, 0.25) is 0 Å². The van der Waals surface area contributed by atoms with Crippen molar-refractivity contribution in [2.45, 2.75) is 13.2 Å². The largest absolute Gasteiger partial charge is 0.489 e. The van der Waals surface area contributed by atoms with Gasteiger partial charge in [0.15, 0.2) is 0 Å². The number of H-pyrrole nitrogens is 1. The normalized spacial score (nSPS) is 10.5. The van der Waals surface area contributed by atoms with E-state index in [0.717, 1.165) is 16.7 Å². The van der Waals surface area contributed by atoms with Gasteiger partial charge in [-0.2, -0.15) is 5.10 Å². The van der Waals surface area contributed by atoms with Crippen molar-refractivity contribution in [1.82, 2.24) is 10.2 Å². The Morgan fingerprint density at radius 2 is 1.38 bits per heavy atom. The summed E-state index contributed by atoms with van der Waals surface area (Å²) in [6.07, 6.45) is 0. The van der Waals surface area contributed by atoms with Gasteiger partial charge >= 0.3 is 0 Å². The molecule has 0 fully saturated rings. The molecule has 0 amide bonds. The Morgan fingerprint density at radius 1 is 0.724 bits per heavy atom. The molecule has 144 valence electrons. The highest BCUT2D eigenvalue weighted by molar-refractivity contribution is 5.68. The third-order valence-electron chi connectivity index (χ3n) is 4.39. The van der Waals surface area contributed by atoms with Crippen LogP contribution in [0, 0.1) is 0 Å². The van der Waals surface area contributed by atoms with E-state index in [4.69, 9.17) is 9.47 Å². The van der Waals surface area contributed by atoms with Crippen molar-refractivity contribution in [3.8, 4) is 22.8 Å². The molecule has 0 saturated carbocycles. The van der Waals surface area contributed by atoms with Crippen molar-refractivity contribution in [2.75, 3.05) is 0 Å². The molecule has 1 heterocycles. The Balaban J connectivity index is 1.59. The minimum Gasteiger partial charge on any atom is -0.489 e. The molecule has 29 heavy (non-hydrogen) atoms. The molecule has 0 spiro atoms. The van der Waals surface area contributed by atoms with Gasteiger partial charge in [-0.3, -0.25) is 4.79 Å². The van der Waals surface area contributed by atoms with Crippen molar-refractivity contribution in [3.63, 3.8) is 0 Å². The summed E-state index contributed by atoms with van der Waals surface area (Å²) in [6.45, 7) is 0.894. The zero-order chi connectivity index (χ0) is 19.9. The number of hydrogen-bond donors (Lipinski definition) is 1. The van der Waals surface area contributed by atoms with E-state index in [0.29, 0.717) is 30.4 Å². The zero-order valence-electron chi connectivity index (χ0n) is 15.7. The Kier molecular flexibility index (Phi) is 5.67. The fourth-order valence-corrected chi connectivity index (χ4v) is 2.90. The standard InChI is InChI=1S/C24H20N2O3/c27-24-14-12-22(25-26-24)21-15-20(28-16-18-7-3-1-4-8-18)11-13-23(21)29-17-19-9-5-2-6-10-19/h1-15H,16-17H2,(H,26,27). The van der Waals surface area contributed by atoms with Gasteiger partial charge in [0.25, 0.3) is 5.56 Å². The van der Waals surface area contributed by atoms with Crippen LogP contribution in [0.15, 0.2) is 95.8 Å². The molecule has 3 aromatic carbocycles. The number of benzene rings is 3. The van der Waals surface area contributed by atoms with E-state index in [2.05, 4.69) is 10.2 Å². The average Bonchev–Trinajstić information content (AvgIpc) is 2.78. The maximum absolute atomic E-state index is 11.4. The molecule has 0 aliphatic carbocycles. The summed E-state index contributed by atoms with van der Waals surface area (Å²) in [7, 11) is 0. The number of nitrogens with zero attached hydrogens (tertiary/aromatic N) is 1. The SMILES string of the molecule is O=c1ccc(-c2cc(OCc3ccccc3)ccc2OCc2ccccc2)n[nH]1. The van der Waals surface area contributed by atoms with Gasteiger partial charge in [0.2, 0.25) is 0 Å². The molecule has 4 aromatic rings. The summed E-state index contributed by atoms with van der Waals surface area (Å²) in [5, 5.41) is 6.63. The van der Waals surface area contributed by atoms with Crippen LogP contribution in [0.3, 0.4) is 0 Å². The van der Waals surface area contributed by atoms with Crippen molar-refractivity contribution >= 4 is 0 Å². The van der Waals surface area contributed by atoms with Gasteiger partial charge in [0.1, 0.15) is 24.7 Å². The lowest BCUT2D eigenvalue weighted by Crippen LogP contribution is -2.06.